The summed E-state index contributed by atoms with van der Waals surface area (Å²) < 4.78 is 44.1. The molecule has 3 aromatic rings. The Morgan fingerprint density at radius 2 is 1.75 bits per heavy atom. The number of rotatable bonds is 5. The predicted molar refractivity (Wildman–Crippen MR) is 117 cm³/mol. The largest absolute Gasteiger partial charge is 0.507 e. The number of phenolic OH excluding ortho intramolecular Hbond substituents is 1. The minimum atomic E-state index is -4.96. The molecule has 172 valence electrons. The van der Waals surface area contributed by atoms with Crippen molar-refractivity contribution >= 4 is 10.9 Å². The summed E-state index contributed by atoms with van der Waals surface area (Å²) in [6.07, 6.45) is -1.64. The summed E-state index contributed by atoms with van der Waals surface area (Å²) >= 11 is 0. The Balaban J connectivity index is 2.13. The molecule has 0 amide bonds. The number of aliphatic hydroxyl groups is 1. The summed E-state index contributed by atoms with van der Waals surface area (Å²) in [5.74, 6) is -0.0825. The average molecular weight is 448 g/mol. The van der Waals surface area contributed by atoms with Crippen molar-refractivity contribution in [1.82, 2.24) is 9.55 Å². The summed E-state index contributed by atoms with van der Waals surface area (Å²) in [7, 11) is 0. The minimum absolute atomic E-state index is 0.0825. The van der Waals surface area contributed by atoms with Crippen LogP contribution in [0.25, 0.3) is 10.9 Å². The Morgan fingerprint density at radius 3 is 2.38 bits per heavy atom. The number of aryl methyl sites for hydroxylation is 3. The molecule has 2 heterocycles. The van der Waals surface area contributed by atoms with Gasteiger partial charge in [-0.3, -0.25) is 9.78 Å². The molecule has 0 radical (unpaired) electrons. The lowest BCUT2D eigenvalue weighted by Gasteiger charge is -2.39. The van der Waals surface area contributed by atoms with E-state index in [9.17, 15) is 28.2 Å². The van der Waals surface area contributed by atoms with Crippen molar-refractivity contribution in [2.24, 2.45) is 0 Å². The number of alkyl halides is 3. The van der Waals surface area contributed by atoms with E-state index in [4.69, 9.17) is 0 Å². The van der Waals surface area contributed by atoms with Gasteiger partial charge in [0, 0.05) is 29.7 Å². The maximum atomic E-state index is 14.3. The molecule has 1 unspecified atom stereocenters. The van der Waals surface area contributed by atoms with E-state index in [0.29, 0.717) is 11.1 Å². The molecule has 1 aromatic carbocycles. The fourth-order valence-corrected chi connectivity index (χ4v) is 4.35. The number of hydrogen-bond acceptors (Lipinski definition) is 4. The second-order valence-electron chi connectivity index (χ2n) is 9.23. The molecule has 0 bridgehead atoms. The molecule has 3 rings (SSSR count). The number of pyridine rings is 2. The molecule has 0 saturated carbocycles. The molecular formula is C24H27F3N2O3. The lowest BCUT2D eigenvalue weighted by molar-refractivity contribution is -0.271. The van der Waals surface area contributed by atoms with Crippen LogP contribution in [-0.2, 0) is 12.0 Å². The fourth-order valence-electron chi connectivity index (χ4n) is 4.35. The molecule has 0 aliphatic rings. The average Bonchev–Trinajstić information content (AvgIpc) is 2.67. The number of benzene rings is 1. The number of phenols is 1. The van der Waals surface area contributed by atoms with Gasteiger partial charge in [0.2, 0.25) is 0 Å². The lowest BCUT2D eigenvalue weighted by Crippen LogP contribution is -2.52. The van der Waals surface area contributed by atoms with Crippen LogP contribution < -0.4 is 5.43 Å². The second-order valence-corrected chi connectivity index (χ2v) is 9.23. The van der Waals surface area contributed by atoms with E-state index in [1.54, 1.807) is 39.8 Å². The first-order chi connectivity index (χ1) is 14.7. The van der Waals surface area contributed by atoms with Crippen LogP contribution in [0.1, 0.15) is 42.5 Å². The van der Waals surface area contributed by atoms with Gasteiger partial charge in [-0.15, -0.1) is 0 Å². The summed E-state index contributed by atoms with van der Waals surface area (Å²) in [5, 5.41) is 21.8. The first-order valence-corrected chi connectivity index (χ1v) is 10.2. The molecule has 2 aromatic heterocycles. The molecule has 1 atom stereocenters. The van der Waals surface area contributed by atoms with Crippen molar-refractivity contribution in [2.75, 3.05) is 0 Å². The monoisotopic (exact) mass is 448 g/mol. The topological polar surface area (TPSA) is 75.3 Å². The van der Waals surface area contributed by atoms with Crippen LogP contribution in [0.4, 0.5) is 13.2 Å². The van der Waals surface area contributed by atoms with Crippen LogP contribution in [0, 0.1) is 20.8 Å². The third-order valence-electron chi connectivity index (χ3n) is 5.93. The van der Waals surface area contributed by atoms with Crippen LogP contribution >= 0.6 is 0 Å². The highest BCUT2D eigenvalue weighted by molar-refractivity contribution is 5.78. The van der Waals surface area contributed by atoms with E-state index >= 15 is 0 Å². The van der Waals surface area contributed by atoms with E-state index in [1.807, 2.05) is 0 Å². The molecule has 0 fully saturated rings. The minimum Gasteiger partial charge on any atom is -0.507 e. The molecule has 0 spiro atoms. The molecule has 32 heavy (non-hydrogen) atoms. The van der Waals surface area contributed by atoms with Gasteiger partial charge in [-0.1, -0.05) is 31.5 Å². The Kier molecular flexibility index (Phi) is 5.89. The standard InChI is InChI=1S/C24H27F3N2O3/c1-14-8-15(2)21(31)18(9-14)22(4,5)12-23(32,24(25,26)27)13-29-11-16(3)20(30)17-10-28-7-6-19(17)29/h6-11,31-32H,12-13H2,1-5H3. The van der Waals surface area contributed by atoms with Crippen molar-refractivity contribution in [3.05, 3.63) is 69.3 Å². The van der Waals surface area contributed by atoms with E-state index in [0.717, 1.165) is 5.56 Å². The van der Waals surface area contributed by atoms with E-state index in [-0.39, 0.29) is 27.6 Å². The molecular weight excluding hydrogens is 421 g/mol. The van der Waals surface area contributed by atoms with E-state index in [1.165, 1.54) is 36.1 Å². The number of hydrogen-bond donors (Lipinski definition) is 2. The number of aromatic nitrogens is 2. The third-order valence-corrected chi connectivity index (χ3v) is 5.93. The molecule has 5 nitrogen and oxygen atoms in total. The van der Waals surface area contributed by atoms with Gasteiger partial charge < -0.3 is 14.8 Å². The zero-order chi connectivity index (χ0) is 24.1. The zero-order valence-corrected chi connectivity index (χ0v) is 18.7. The Bertz CT molecular complexity index is 1230. The number of aromatic hydroxyl groups is 1. The summed E-state index contributed by atoms with van der Waals surface area (Å²) in [6.45, 7) is 7.31. The third kappa shape index (κ3) is 4.24. The maximum absolute atomic E-state index is 14.3. The number of fused-ring (bicyclic) bond motifs is 1. The normalized spacial score (nSPS) is 14.5. The Hall–Kier alpha value is -2.87. The first-order valence-electron chi connectivity index (χ1n) is 10.2. The van der Waals surface area contributed by atoms with Gasteiger partial charge in [-0.2, -0.15) is 13.2 Å². The summed E-state index contributed by atoms with van der Waals surface area (Å²) in [6, 6.07) is 4.84. The van der Waals surface area contributed by atoms with Gasteiger partial charge in [-0.25, -0.2) is 0 Å². The van der Waals surface area contributed by atoms with Crippen molar-refractivity contribution in [3.8, 4) is 5.75 Å². The van der Waals surface area contributed by atoms with Crippen LogP contribution in [0.3, 0.4) is 0 Å². The highest BCUT2D eigenvalue weighted by Gasteiger charge is 2.56. The van der Waals surface area contributed by atoms with Gasteiger partial charge in [0.25, 0.3) is 0 Å². The molecule has 2 N–H and O–H groups in total. The van der Waals surface area contributed by atoms with Gasteiger partial charge in [0.05, 0.1) is 17.4 Å². The second kappa shape index (κ2) is 7.92. The van der Waals surface area contributed by atoms with Crippen molar-refractivity contribution in [3.63, 3.8) is 0 Å². The summed E-state index contributed by atoms with van der Waals surface area (Å²) in [4.78, 5) is 16.3. The lowest BCUT2D eigenvalue weighted by atomic mass is 9.73. The van der Waals surface area contributed by atoms with E-state index in [2.05, 4.69) is 4.98 Å². The first kappa shape index (κ1) is 23.8. The van der Waals surface area contributed by atoms with Crippen LogP contribution in [0.15, 0.2) is 41.6 Å². The van der Waals surface area contributed by atoms with Crippen molar-refractivity contribution < 1.29 is 23.4 Å². The van der Waals surface area contributed by atoms with Gasteiger partial charge in [-0.05, 0) is 44.2 Å². The van der Waals surface area contributed by atoms with Crippen molar-refractivity contribution in [2.45, 2.75) is 64.8 Å². The SMILES string of the molecule is Cc1cc(C)c(O)c(C(C)(C)CC(O)(Cn2cc(C)c(=O)c3cnccc32)C(F)(F)F)c1. The Morgan fingerprint density at radius 1 is 1.09 bits per heavy atom. The number of halogens is 3. The maximum Gasteiger partial charge on any atom is 0.418 e. The van der Waals surface area contributed by atoms with Crippen molar-refractivity contribution in [1.29, 1.82) is 0 Å². The highest BCUT2D eigenvalue weighted by Crippen LogP contribution is 2.45. The van der Waals surface area contributed by atoms with E-state index < -0.39 is 30.2 Å². The molecule has 0 aliphatic heterocycles. The molecule has 0 saturated heterocycles. The Labute approximate surface area is 184 Å². The molecule has 0 aliphatic carbocycles. The smallest absolute Gasteiger partial charge is 0.418 e. The molecule has 8 heteroatoms. The van der Waals surface area contributed by atoms with Crippen LogP contribution in [-0.4, -0.2) is 31.5 Å². The zero-order valence-electron chi connectivity index (χ0n) is 18.7. The highest BCUT2D eigenvalue weighted by atomic mass is 19.4. The quantitative estimate of drug-likeness (QED) is 0.594. The predicted octanol–water partition coefficient (Wildman–Crippen LogP) is 4.69. The van der Waals surface area contributed by atoms with Gasteiger partial charge in [0.15, 0.2) is 11.0 Å². The van der Waals surface area contributed by atoms with Crippen LogP contribution in [0.2, 0.25) is 0 Å². The van der Waals surface area contributed by atoms with Gasteiger partial charge >= 0.3 is 6.18 Å². The van der Waals surface area contributed by atoms with Crippen LogP contribution in [0.5, 0.6) is 5.75 Å². The van der Waals surface area contributed by atoms with Gasteiger partial charge in [0.1, 0.15) is 5.75 Å². The fraction of sp³-hybridized carbons (Fsp3) is 0.417. The number of nitrogens with zero attached hydrogens (tertiary/aromatic N) is 2. The summed E-state index contributed by atoms with van der Waals surface area (Å²) in [5.41, 5.74) is -2.46.